The molecule has 8 heteroatoms. The standard InChI is InChI=1S/C23H22N4O4/c1-29-17-9-10-18(21(12-17)30-2)25-22(28)14-31-20-4-3-11-27-13-19(26-23(20)27)15-5-7-16(24)8-6-15/h3-13H,14,24H2,1-2H3,(H,25,28). The molecule has 158 valence electrons. The van der Waals surface area contributed by atoms with E-state index in [1.54, 1.807) is 31.4 Å². The van der Waals surface area contributed by atoms with E-state index in [-0.39, 0.29) is 12.5 Å². The third kappa shape index (κ3) is 4.37. The summed E-state index contributed by atoms with van der Waals surface area (Å²) in [6.45, 7) is -0.182. The number of imidazole rings is 1. The van der Waals surface area contributed by atoms with Crippen LogP contribution in [-0.2, 0) is 4.79 Å². The molecule has 4 aromatic rings. The number of nitrogens with zero attached hydrogens (tertiary/aromatic N) is 2. The van der Waals surface area contributed by atoms with Crippen molar-refractivity contribution in [3.8, 4) is 28.5 Å². The normalized spacial score (nSPS) is 10.6. The Balaban J connectivity index is 1.49. The zero-order valence-electron chi connectivity index (χ0n) is 17.2. The number of methoxy groups -OCH3 is 2. The molecule has 31 heavy (non-hydrogen) atoms. The summed E-state index contributed by atoms with van der Waals surface area (Å²) in [5.74, 6) is 1.31. The fourth-order valence-electron chi connectivity index (χ4n) is 3.12. The van der Waals surface area contributed by atoms with Crippen LogP contribution < -0.4 is 25.3 Å². The summed E-state index contributed by atoms with van der Waals surface area (Å²) in [5, 5.41) is 2.78. The first-order valence-corrected chi connectivity index (χ1v) is 9.55. The molecule has 0 aliphatic carbocycles. The number of carbonyl (C=O) groups is 1. The van der Waals surface area contributed by atoms with Crippen LogP contribution in [0.2, 0.25) is 0 Å². The molecular formula is C23H22N4O4. The van der Waals surface area contributed by atoms with Crippen LogP contribution in [0.4, 0.5) is 11.4 Å². The second kappa shape index (κ2) is 8.66. The lowest BCUT2D eigenvalue weighted by molar-refractivity contribution is -0.118. The number of benzene rings is 2. The molecule has 2 heterocycles. The number of anilines is 2. The van der Waals surface area contributed by atoms with Gasteiger partial charge in [-0.2, -0.15) is 0 Å². The molecule has 0 atom stereocenters. The molecule has 0 fully saturated rings. The van der Waals surface area contributed by atoms with Gasteiger partial charge in [0.15, 0.2) is 18.0 Å². The SMILES string of the molecule is COc1ccc(NC(=O)COc2cccn3cc(-c4ccc(N)cc4)nc23)c(OC)c1. The molecule has 8 nitrogen and oxygen atoms in total. The van der Waals surface area contributed by atoms with Gasteiger partial charge < -0.3 is 29.7 Å². The molecule has 4 rings (SSSR count). The predicted molar refractivity (Wildman–Crippen MR) is 119 cm³/mol. The third-order valence-corrected chi connectivity index (χ3v) is 4.69. The Morgan fingerprint density at radius 3 is 2.61 bits per heavy atom. The van der Waals surface area contributed by atoms with Gasteiger partial charge in [0.1, 0.15) is 11.5 Å². The molecule has 0 aliphatic heterocycles. The first kappa shape index (κ1) is 20.1. The van der Waals surface area contributed by atoms with E-state index in [1.807, 2.05) is 47.1 Å². The summed E-state index contributed by atoms with van der Waals surface area (Å²) in [7, 11) is 3.09. The van der Waals surface area contributed by atoms with Crippen molar-refractivity contribution in [3.05, 3.63) is 67.0 Å². The lowest BCUT2D eigenvalue weighted by Crippen LogP contribution is -2.20. The highest BCUT2D eigenvalue weighted by molar-refractivity contribution is 5.93. The van der Waals surface area contributed by atoms with Crippen LogP contribution in [0.25, 0.3) is 16.9 Å². The minimum absolute atomic E-state index is 0.182. The van der Waals surface area contributed by atoms with Gasteiger partial charge >= 0.3 is 0 Å². The number of hydrogen-bond acceptors (Lipinski definition) is 6. The van der Waals surface area contributed by atoms with Gasteiger partial charge in [-0.3, -0.25) is 4.79 Å². The number of amides is 1. The molecule has 0 radical (unpaired) electrons. The molecule has 0 aliphatic rings. The summed E-state index contributed by atoms with van der Waals surface area (Å²) in [6, 6.07) is 16.2. The highest BCUT2D eigenvalue weighted by atomic mass is 16.5. The molecular weight excluding hydrogens is 396 g/mol. The number of rotatable bonds is 7. The molecule has 0 saturated heterocycles. The highest BCUT2D eigenvalue weighted by Gasteiger charge is 2.13. The topological polar surface area (TPSA) is 100 Å². The second-order valence-corrected chi connectivity index (χ2v) is 6.75. The van der Waals surface area contributed by atoms with Gasteiger partial charge in [-0.25, -0.2) is 4.98 Å². The first-order chi connectivity index (χ1) is 15.1. The molecule has 2 aromatic heterocycles. The zero-order chi connectivity index (χ0) is 21.8. The van der Waals surface area contributed by atoms with Crippen molar-refractivity contribution in [2.24, 2.45) is 0 Å². The van der Waals surface area contributed by atoms with Crippen molar-refractivity contribution in [2.75, 3.05) is 31.9 Å². The summed E-state index contributed by atoms with van der Waals surface area (Å²) in [5.41, 5.74) is 9.32. The molecule has 0 saturated carbocycles. The number of ether oxygens (including phenoxy) is 3. The third-order valence-electron chi connectivity index (χ3n) is 4.69. The fraction of sp³-hybridized carbons (Fsp3) is 0.130. The van der Waals surface area contributed by atoms with E-state index in [9.17, 15) is 4.79 Å². The summed E-state index contributed by atoms with van der Waals surface area (Å²) >= 11 is 0. The van der Waals surface area contributed by atoms with E-state index in [0.29, 0.717) is 34.3 Å². The number of pyridine rings is 1. The Bertz CT molecular complexity index is 1220. The number of fused-ring (bicyclic) bond motifs is 1. The predicted octanol–water partition coefficient (Wildman–Crippen LogP) is 3.62. The van der Waals surface area contributed by atoms with Crippen LogP contribution in [0, 0.1) is 0 Å². The van der Waals surface area contributed by atoms with E-state index in [2.05, 4.69) is 10.3 Å². The molecule has 2 aromatic carbocycles. The van der Waals surface area contributed by atoms with Crippen molar-refractivity contribution < 1.29 is 19.0 Å². The highest BCUT2D eigenvalue weighted by Crippen LogP contribution is 2.29. The van der Waals surface area contributed by atoms with Gasteiger partial charge in [-0.05, 0) is 36.4 Å². The quantitative estimate of drug-likeness (QED) is 0.445. The van der Waals surface area contributed by atoms with Crippen molar-refractivity contribution >= 4 is 22.9 Å². The van der Waals surface area contributed by atoms with Crippen LogP contribution in [0.15, 0.2) is 67.0 Å². The van der Waals surface area contributed by atoms with E-state index in [0.717, 1.165) is 11.3 Å². The van der Waals surface area contributed by atoms with Crippen LogP contribution in [-0.4, -0.2) is 36.1 Å². The lowest BCUT2D eigenvalue weighted by Gasteiger charge is -2.12. The summed E-state index contributed by atoms with van der Waals surface area (Å²) in [4.78, 5) is 17.1. The van der Waals surface area contributed by atoms with Gasteiger partial charge in [0.2, 0.25) is 0 Å². The minimum Gasteiger partial charge on any atom is -0.497 e. The monoisotopic (exact) mass is 418 g/mol. The molecule has 0 unspecified atom stereocenters. The maximum absolute atomic E-state index is 12.4. The van der Waals surface area contributed by atoms with Gasteiger partial charge in [0, 0.05) is 29.7 Å². The lowest BCUT2D eigenvalue weighted by atomic mass is 10.1. The maximum atomic E-state index is 12.4. The van der Waals surface area contributed by atoms with Crippen molar-refractivity contribution in [1.29, 1.82) is 0 Å². The van der Waals surface area contributed by atoms with Crippen LogP contribution in [0.5, 0.6) is 17.2 Å². The van der Waals surface area contributed by atoms with Gasteiger partial charge in [-0.1, -0.05) is 12.1 Å². The molecule has 0 bridgehead atoms. The Kier molecular flexibility index (Phi) is 5.61. The van der Waals surface area contributed by atoms with E-state index in [1.165, 1.54) is 7.11 Å². The number of nitrogens with one attached hydrogen (secondary N) is 1. The zero-order valence-corrected chi connectivity index (χ0v) is 17.2. The Hall–Kier alpha value is -4.20. The fourth-order valence-corrected chi connectivity index (χ4v) is 3.12. The first-order valence-electron chi connectivity index (χ1n) is 9.55. The average Bonchev–Trinajstić information content (AvgIpc) is 3.23. The number of nitrogen functional groups attached to an aromatic ring is 1. The van der Waals surface area contributed by atoms with Crippen molar-refractivity contribution in [1.82, 2.24) is 9.38 Å². The number of hydrogen-bond donors (Lipinski definition) is 2. The van der Waals surface area contributed by atoms with E-state index in [4.69, 9.17) is 19.9 Å². The number of carbonyl (C=O) groups excluding carboxylic acids is 1. The van der Waals surface area contributed by atoms with Gasteiger partial charge in [0.05, 0.1) is 25.6 Å². The smallest absolute Gasteiger partial charge is 0.262 e. The molecule has 3 N–H and O–H groups in total. The molecule has 0 spiro atoms. The second-order valence-electron chi connectivity index (χ2n) is 6.75. The van der Waals surface area contributed by atoms with E-state index >= 15 is 0 Å². The van der Waals surface area contributed by atoms with Crippen LogP contribution >= 0.6 is 0 Å². The largest absolute Gasteiger partial charge is 0.497 e. The number of nitrogens with two attached hydrogens (primary N) is 1. The van der Waals surface area contributed by atoms with Gasteiger partial charge in [-0.15, -0.1) is 0 Å². The average molecular weight is 418 g/mol. The minimum atomic E-state index is -0.323. The summed E-state index contributed by atoms with van der Waals surface area (Å²) < 4.78 is 18.1. The molecule has 1 amide bonds. The van der Waals surface area contributed by atoms with E-state index < -0.39 is 0 Å². The Labute approximate surface area is 179 Å². The maximum Gasteiger partial charge on any atom is 0.262 e. The van der Waals surface area contributed by atoms with Crippen LogP contribution in [0.3, 0.4) is 0 Å². The Morgan fingerprint density at radius 1 is 1.06 bits per heavy atom. The Morgan fingerprint density at radius 2 is 1.87 bits per heavy atom. The van der Waals surface area contributed by atoms with Crippen molar-refractivity contribution in [3.63, 3.8) is 0 Å². The van der Waals surface area contributed by atoms with Crippen LogP contribution in [0.1, 0.15) is 0 Å². The summed E-state index contributed by atoms with van der Waals surface area (Å²) in [6.07, 6.45) is 3.77. The van der Waals surface area contributed by atoms with Crippen molar-refractivity contribution in [2.45, 2.75) is 0 Å². The van der Waals surface area contributed by atoms with Gasteiger partial charge in [0.25, 0.3) is 5.91 Å². The number of aromatic nitrogens is 2.